The molecule has 2 aromatic carbocycles. The summed E-state index contributed by atoms with van der Waals surface area (Å²) in [7, 11) is 0. The highest BCUT2D eigenvalue weighted by Crippen LogP contribution is 2.36. The van der Waals surface area contributed by atoms with Crippen molar-refractivity contribution in [2.45, 2.75) is 45.2 Å². The Morgan fingerprint density at radius 2 is 1.77 bits per heavy atom. The number of nitrogens with two attached hydrogens (primary N) is 1. The fraction of sp³-hybridized carbons (Fsp3) is 0.269. The van der Waals surface area contributed by atoms with Crippen molar-refractivity contribution in [1.29, 1.82) is 0 Å². The van der Waals surface area contributed by atoms with Crippen molar-refractivity contribution in [3.05, 3.63) is 93.7 Å². The summed E-state index contributed by atoms with van der Waals surface area (Å²) in [5, 5.41) is 9.23. The van der Waals surface area contributed by atoms with Crippen molar-refractivity contribution in [1.82, 2.24) is 0 Å². The molecule has 0 amide bonds. The van der Waals surface area contributed by atoms with E-state index in [1.807, 2.05) is 0 Å². The lowest BCUT2D eigenvalue weighted by Gasteiger charge is -2.25. The Balaban J connectivity index is 1.64. The van der Waals surface area contributed by atoms with Crippen LogP contribution in [0.5, 0.6) is 0 Å². The number of thiophene rings is 1. The second kappa shape index (κ2) is 8.58. The largest absolute Gasteiger partial charge is 0.326 e. The van der Waals surface area contributed by atoms with Gasteiger partial charge in [-0.05, 0) is 57.8 Å². The first-order valence-corrected chi connectivity index (χ1v) is 11.3. The van der Waals surface area contributed by atoms with Crippen molar-refractivity contribution in [3.8, 4) is 0 Å². The molecule has 1 aromatic heterocycles. The monoisotopic (exact) mass is 415 g/mol. The van der Waals surface area contributed by atoms with Crippen LogP contribution in [0.1, 0.15) is 54.8 Å². The van der Waals surface area contributed by atoms with Crippen LogP contribution < -0.4 is 10.7 Å². The summed E-state index contributed by atoms with van der Waals surface area (Å²) >= 11 is 1.74. The van der Waals surface area contributed by atoms with Gasteiger partial charge in [-0.15, -0.1) is 11.3 Å². The molecular formula is C26H29N3S. The molecule has 154 valence electrons. The molecular weight excluding hydrogens is 386 g/mol. The van der Waals surface area contributed by atoms with Gasteiger partial charge in [-0.25, -0.2) is 0 Å². The third-order valence-electron chi connectivity index (χ3n) is 5.52. The van der Waals surface area contributed by atoms with E-state index in [9.17, 15) is 0 Å². The summed E-state index contributed by atoms with van der Waals surface area (Å²) in [4.78, 5) is 1.24. The van der Waals surface area contributed by atoms with E-state index in [2.05, 4.69) is 104 Å². The van der Waals surface area contributed by atoms with E-state index in [1.165, 1.54) is 16.0 Å². The lowest BCUT2D eigenvalue weighted by molar-refractivity contribution is 0.589. The fourth-order valence-corrected chi connectivity index (χ4v) is 4.30. The van der Waals surface area contributed by atoms with Crippen molar-refractivity contribution in [2.24, 2.45) is 10.8 Å². The smallest absolute Gasteiger partial charge is 0.0831 e. The van der Waals surface area contributed by atoms with E-state index in [1.54, 1.807) is 11.3 Å². The molecule has 3 nitrogen and oxygen atoms in total. The van der Waals surface area contributed by atoms with Crippen molar-refractivity contribution in [3.63, 3.8) is 0 Å². The summed E-state index contributed by atoms with van der Waals surface area (Å²) in [6.07, 6.45) is 5.19. The molecule has 1 aliphatic heterocycles. The molecule has 0 fully saturated rings. The zero-order valence-electron chi connectivity index (χ0n) is 17.9. The van der Waals surface area contributed by atoms with E-state index in [-0.39, 0.29) is 11.5 Å². The van der Waals surface area contributed by atoms with Crippen LogP contribution in [0.25, 0.3) is 6.08 Å². The number of anilines is 1. The lowest BCUT2D eigenvalue weighted by atomic mass is 9.86. The molecule has 0 radical (unpaired) electrons. The first kappa shape index (κ1) is 20.6. The minimum Gasteiger partial charge on any atom is -0.326 e. The quantitative estimate of drug-likeness (QED) is 0.515. The van der Waals surface area contributed by atoms with Gasteiger partial charge < -0.3 is 5.73 Å². The van der Waals surface area contributed by atoms with Crippen LogP contribution in [0.2, 0.25) is 0 Å². The molecule has 0 spiro atoms. The van der Waals surface area contributed by atoms with Crippen LogP contribution in [0.15, 0.2) is 77.2 Å². The maximum atomic E-state index is 5.78. The first-order valence-electron chi connectivity index (χ1n) is 10.4. The number of allylic oxidation sites excluding steroid dienone is 1. The van der Waals surface area contributed by atoms with Gasteiger partial charge in [0.25, 0.3) is 0 Å². The maximum absolute atomic E-state index is 5.78. The van der Waals surface area contributed by atoms with E-state index < -0.39 is 0 Å². The molecule has 0 saturated carbocycles. The minimum atomic E-state index is 0.150. The Kier molecular flexibility index (Phi) is 5.89. The van der Waals surface area contributed by atoms with E-state index in [0.29, 0.717) is 6.54 Å². The highest BCUT2D eigenvalue weighted by atomic mass is 32.1. The van der Waals surface area contributed by atoms with E-state index in [0.717, 1.165) is 23.4 Å². The summed E-state index contributed by atoms with van der Waals surface area (Å²) in [6.45, 7) is 7.30. The lowest BCUT2D eigenvalue weighted by Crippen LogP contribution is -2.19. The highest BCUT2D eigenvalue weighted by Gasteiger charge is 2.28. The van der Waals surface area contributed by atoms with Crippen LogP contribution in [0.4, 0.5) is 5.69 Å². The molecule has 2 heterocycles. The topological polar surface area (TPSA) is 41.6 Å². The van der Waals surface area contributed by atoms with Crippen LogP contribution in [0.3, 0.4) is 0 Å². The molecule has 0 aliphatic carbocycles. The number of nitrogens with zero attached hydrogens (tertiary/aromatic N) is 2. The molecule has 2 N–H and O–H groups in total. The highest BCUT2D eigenvalue weighted by molar-refractivity contribution is 7.10. The molecule has 4 rings (SSSR count). The molecule has 1 atom stereocenters. The van der Waals surface area contributed by atoms with Gasteiger partial charge in [0.1, 0.15) is 0 Å². The van der Waals surface area contributed by atoms with E-state index in [4.69, 9.17) is 10.8 Å². The predicted molar refractivity (Wildman–Crippen MR) is 130 cm³/mol. The summed E-state index contributed by atoms with van der Waals surface area (Å²) in [6, 6.07) is 21.8. The first-order chi connectivity index (χ1) is 14.4. The van der Waals surface area contributed by atoms with Crippen LogP contribution in [-0.4, -0.2) is 5.71 Å². The number of benzene rings is 2. The Hall–Kier alpha value is -2.69. The standard InChI is InChI=1S/C26H29N3S/c1-26(2,3)21-10-8-20(9-11-21)25-17-22(12-15-24-5-4-16-30-24)28-29(25)23-13-6-19(18-27)7-14-23/h4-16,25H,17-18,27H2,1-3H3. The number of rotatable bonds is 5. The van der Waals surface area contributed by atoms with Crippen LogP contribution in [-0.2, 0) is 12.0 Å². The van der Waals surface area contributed by atoms with Gasteiger partial charge >= 0.3 is 0 Å². The molecule has 3 aromatic rings. The SMILES string of the molecule is CC(C)(C)c1ccc(C2CC(C=Cc3cccs3)=NN2c2ccc(CN)cc2)cc1. The zero-order valence-corrected chi connectivity index (χ0v) is 18.7. The van der Waals surface area contributed by atoms with Gasteiger partial charge in [0, 0.05) is 17.8 Å². The third kappa shape index (κ3) is 4.55. The van der Waals surface area contributed by atoms with Gasteiger partial charge in [-0.3, -0.25) is 5.01 Å². The van der Waals surface area contributed by atoms with Gasteiger partial charge in [0.2, 0.25) is 0 Å². The average molecular weight is 416 g/mol. The summed E-state index contributed by atoms with van der Waals surface area (Å²) in [5.74, 6) is 0. The molecule has 1 aliphatic rings. The number of hydrazone groups is 1. The van der Waals surface area contributed by atoms with Crippen LogP contribution >= 0.6 is 11.3 Å². The van der Waals surface area contributed by atoms with Crippen molar-refractivity contribution >= 4 is 28.8 Å². The average Bonchev–Trinajstić information content (AvgIpc) is 3.42. The van der Waals surface area contributed by atoms with Gasteiger partial charge in [0.05, 0.1) is 17.4 Å². The van der Waals surface area contributed by atoms with Crippen LogP contribution in [0, 0.1) is 0 Å². The number of hydrogen-bond donors (Lipinski definition) is 1. The molecule has 1 unspecified atom stereocenters. The van der Waals surface area contributed by atoms with Gasteiger partial charge in [0.15, 0.2) is 0 Å². The fourth-order valence-electron chi connectivity index (χ4n) is 3.69. The van der Waals surface area contributed by atoms with Gasteiger partial charge in [-0.2, -0.15) is 5.10 Å². The Labute approximate surface area is 183 Å². The van der Waals surface area contributed by atoms with Crippen molar-refractivity contribution in [2.75, 3.05) is 5.01 Å². The Morgan fingerprint density at radius 1 is 1.03 bits per heavy atom. The zero-order chi connectivity index (χ0) is 21.1. The predicted octanol–water partition coefficient (Wildman–Crippen LogP) is 6.53. The Bertz CT molecular complexity index is 1020. The van der Waals surface area contributed by atoms with Crippen molar-refractivity contribution < 1.29 is 0 Å². The molecule has 0 bridgehead atoms. The van der Waals surface area contributed by atoms with Gasteiger partial charge in [-0.1, -0.05) is 63.2 Å². The second-order valence-electron chi connectivity index (χ2n) is 8.75. The molecule has 0 saturated heterocycles. The second-order valence-corrected chi connectivity index (χ2v) is 9.73. The van der Waals surface area contributed by atoms with E-state index >= 15 is 0 Å². The normalized spacial score (nSPS) is 17.0. The molecule has 4 heteroatoms. The third-order valence-corrected chi connectivity index (χ3v) is 6.35. The Morgan fingerprint density at radius 3 is 2.37 bits per heavy atom. The number of hydrogen-bond acceptors (Lipinski definition) is 4. The molecule has 30 heavy (non-hydrogen) atoms. The maximum Gasteiger partial charge on any atom is 0.0831 e. The minimum absolute atomic E-state index is 0.150. The summed E-state index contributed by atoms with van der Waals surface area (Å²) in [5.41, 5.74) is 11.9. The summed E-state index contributed by atoms with van der Waals surface area (Å²) < 4.78 is 0.